The van der Waals surface area contributed by atoms with E-state index in [9.17, 15) is 23.1 Å². The predicted octanol–water partition coefficient (Wildman–Crippen LogP) is 1.42. The molecule has 0 unspecified atom stereocenters. The molecule has 0 heterocycles. The van der Waals surface area contributed by atoms with Crippen molar-refractivity contribution in [2.45, 2.75) is 50.5 Å². The van der Waals surface area contributed by atoms with E-state index in [0.717, 1.165) is 18.4 Å². The largest absolute Gasteiger partial charge is 0.480 e. The predicted molar refractivity (Wildman–Crippen MR) is 90.1 cm³/mol. The molecule has 0 spiro atoms. The lowest BCUT2D eigenvalue weighted by atomic mass is 10.1. The number of benzene rings is 1. The normalized spacial score (nSPS) is 12.6. The Morgan fingerprint density at radius 1 is 1.21 bits per heavy atom. The van der Waals surface area contributed by atoms with Crippen LogP contribution in [0.15, 0.2) is 29.2 Å². The molecule has 0 saturated carbocycles. The number of carbonyl (C=O) groups excluding carboxylic acids is 1. The molecule has 0 radical (unpaired) electrons. The van der Waals surface area contributed by atoms with Crippen LogP contribution in [0, 0.1) is 6.92 Å². The topological polar surface area (TPSA) is 113 Å². The molecule has 24 heavy (non-hydrogen) atoms. The fourth-order valence-corrected chi connectivity index (χ4v) is 3.20. The zero-order valence-electron chi connectivity index (χ0n) is 13.9. The van der Waals surface area contributed by atoms with Crippen molar-refractivity contribution >= 4 is 21.9 Å². The number of hydrogen-bond donors (Lipinski definition) is 3. The Morgan fingerprint density at radius 3 is 2.38 bits per heavy atom. The van der Waals surface area contributed by atoms with Crippen LogP contribution >= 0.6 is 0 Å². The van der Waals surface area contributed by atoms with Gasteiger partial charge in [-0.15, -0.1) is 0 Å². The van der Waals surface area contributed by atoms with Crippen molar-refractivity contribution in [1.29, 1.82) is 0 Å². The van der Waals surface area contributed by atoms with Gasteiger partial charge in [0, 0.05) is 13.0 Å². The van der Waals surface area contributed by atoms with Crippen LogP contribution < -0.4 is 10.0 Å². The summed E-state index contributed by atoms with van der Waals surface area (Å²) >= 11 is 0. The number of nitrogens with one attached hydrogen (secondary N) is 2. The Morgan fingerprint density at radius 2 is 1.83 bits per heavy atom. The van der Waals surface area contributed by atoms with Crippen LogP contribution in [0.25, 0.3) is 0 Å². The fourth-order valence-electron chi connectivity index (χ4n) is 1.97. The van der Waals surface area contributed by atoms with Crippen LogP contribution in [0.1, 0.15) is 38.2 Å². The standard InChI is InChI=1S/C16H24N2O5S/c1-3-4-11-17-15(19)10-9-14(16(20)21)18-24(22,23)13-7-5-12(2)6-8-13/h5-8,14,18H,3-4,9-11H2,1-2H3,(H,17,19)(H,20,21)/t14-/m0/s1. The van der Waals surface area contributed by atoms with Gasteiger partial charge in [-0.05, 0) is 31.9 Å². The van der Waals surface area contributed by atoms with E-state index in [2.05, 4.69) is 10.0 Å². The molecule has 0 bridgehead atoms. The van der Waals surface area contributed by atoms with Gasteiger partial charge in [0.1, 0.15) is 6.04 Å². The van der Waals surface area contributed by atoms with Crippen molar-refractivity contribution in [3.05, 3.63) is 29.8 Å². The summed E-state index contributed by atoms with van der Waals surface area (Å²) in [6.07, 6.45) is 1.61. The van der Waals surface area contributed by atoms with Gasteiger partial charge in [0.25, 0.3) is 0 Å². The van der Waals surface area contributed by atoms with E-state index in [0.29, 0.717) is 6.54 Å². The highest BCUT2D eigenvalue weighted by molar-refractivity contribution is 7.89. The molecule has 3 N–H and O–H groups in total. The first-order valence-electron chi connectivity index (χ1n) is 7.84. The van der Waals surface area contributed by atoms with E-state index in [4.69, 9.17) is 0 Å². The van der Waals surface area contributed by atoms with Crippen LogP contribution in [-0.2, 0) is 19.6 Å². The monoisotopic (exact) mass is 356 g/mol. The molecule has 8 heteroatoms. The average Bonchev–Trinajstić information content (AvgIpc) is 2.51. The average molecular weight is 356 g/mol. The summed E-state index contributed by atoms with van der Waals surface area (Å²) in [6, 6.07) is 4.73. The minimum absolute atomic E-state index is 0.00764. The molecule has 7 nitrogen and oxygen atoms in total. The van der Waals surface area contributed by atoms with Gasteiger partial charge in [-0.25, -0.2) is 8.42 Å². The van der Waals surface area contributed by atoms with Gasteiger partial charge >= 0.3 is 5.97 Å². The quantitative estimate of drug-likeness (QED) is 0.549. The molecule has 0 aliphatic carbocycles. The second kappa shape index (κ2) is 9.39. The van der Waals surface area contributed by atoms with Crippen LogP contribution in [0.3, 0.4) is 0 Å². The Labute approximate surface area is 142 Å². The smallest absolute Gasteiger partial charge is 0.321 e. The fraction of sp³-hybridized carbons (Fsp3) is 0.500. The van der Waals surface area contributed by atoms with Crippen molar-refractivity contribution in [1.82, 2.24) is 10.0 Å². The highest BCUT2D eigenvalue weighted by Crippen LogP contribution is 2.12. The lowest BCUT2D eigenvalue weighted by molar-refractivity contribution is -0.139. The van der Waals surface area contributed by atoms with Crippen molar-refractivity contribution < 1.29 is 23.1 Å². The molecule has 1 aromatic carbocycles. The number of unbranched alkanes of at least 4 members (excludes halogenated alkanes) is 1. The molecule has 0 fully saturated rings. The molecule has 1 amide bonds. The van der Waals surface area contributed by atoms with Crippen molar-refractivity contribution in [2.75, 3.05) is 6.54 Å². The molecule has 0 aliphatic rings. The first-order valence-corrected chi connectivity index (χ1v) is 9.33. The SMILES string of the molecule is CCCCNC(=O)CC[C@H](NS(=O)(=O)c1ccc(C)cc1)C(=O)O. The van der Waals surface area contributed by atoms with Gasteiger partial charge in [0.15, 0.2) is 0 Å². The van der Waals surface area contributed by atoms with Crippen LogP contribution in [0.2, 0.25) is 0 Å². The van der Waals surface area contributed by atoms with Crippen molar-refractivity contribution in [2.24, 2.45) is 0 Å². The minimum atomic E-state index is -3.95. The highest BCUT2D eigenvalue weighted by atomic mass is 32.2. The van der Waals surface area contributed by atoms with Gasteiger partial charge in [0.2, 0.25) is 15.9 Å². The maximum atomic E-state index is 12.2. The first-order chi connectivity index (χ1) is 11.3. The summed E-state index contributed by atoms with van der Waals surface area (Å²) in [7, 11) is -3.95. The number of aliphatic carboxylic acids is 1. The van der Waals surface area contributed by atoms with Gasteiger partial charge in [-0.2, -0.15) is 4.72 Å². The second-order valence-electron chi connectivity index (χ2n) is 5.57. The number of hydrogen-bond acceptors (Lipinski definition) is 4. The first kappa shape index (κ1) is 20.1. The third-order valence-electron chi connectivity index (χ3n) is 3.44. The maximum absolute atomic E-state index is 12.2. The van der Waals surface area contributed by atoms with E-state index < -0.39 is 22.0 Å². The molecular formula is C16H24N2O5S. The lowest BCUT2D eigenvalue weighted by Gasteiger charge is -2.15. The Bertz CT molecular complexity index is 656. The molecule has 0 aromatic heterocycles. The highest BCUT2D eigenvalue weighted by Gasteiger charge is 2.25. The molecule has 0 saturated heterocycles. The Hall–Kier alpha value is -1.93. The number of carboxylic acid groups (broad SMARTS) is 1. The van der Waals surface area contributed by atoms with Crippen LogP contribution in [-0.4, -0.2) is 38.0 Å². The molecule has 1 rings (SSSR count). The number of carbonyl (C=O) groups is 2. The molecule has 0 aliphatic heterocycles. The maximum Gasteiger partial charge on any atom is 0.321 e. The van der Waals surface area contributed by atoms with E-state index in [1.54, 1.807) is 12.1 Å². The van der Waals surface area contributed by atoms with Crippen molar-refractivity contribution in [3.8, 4) is 0 Å². The third-order valence-corrected chi connectivity index (χ3v) is 4.93. The van der Waals surface area contributed by atoms with Crippen LogP contribution in [0.4, 0.5) is 0 Å². The summed E-state index contributed by atoms with van der Waals surface area (Å²) in [5.41, 5.74) is 0.896. The number of carboxylic acids is 1. The number of amides is 1. The molecular weight excluding hydrogens is 332 g/mol. The van der Waals surface area contributed by atoms with E-state index in [1.165, 1.54) is 12.1 Å². The molecule has 134 valence electrons. The second-order valence-corrected chi connectivity index (χ2v) is 7.28. The Kier molecular flexibility index (Phi) is 7.87. The van der Waals surface area contributed by atoms with Gasteiger partial charge < -0.3 is 10.4 Å². The van der Waals surface area contributed by atoms with Gasteiger partial charge in [0.05, 0.1) is 4.90 Å². The lowest BCUT2D eigenvalue weighted by Crippen LogP contribution is -2.41. The molecule has 1 aromatic rings. The summed E-state index contributed by atoms with van der Waals surface area (Å²) in [4.78, 5) is 22.9. The minimum Gasteiger partial charge on any atom is -0.480 e. The van der Waals surface area contributed by atoms with Crippen molar-refractivity contribution in [3.63, 3.8) is 0 Å². The van der Waals surface area contributed by atoms with Gasteiger partial charge in [-0.3, -0.25) is 9.59 Å². The zero-order valence-corrected chi connectivity index (χ0v) is 14.7. The van der Waals surface area contributed by atoms with Crippen LogP contribution in [0.5, 0.6) is 0 Å². The van der Waals surface area contributed by atoms with E-state index in [1.807, 2.05) is 13.8 Å². The third kappa shape index (κ3) is 6.67. The number of aryl methyl sites for hydroxylation is 1. The summed E-state index contributed by atoms with van der Waals surface area (Å²) in [5.74, 6) is -1.60. The Balaban J connectivity index is 2.67. The summed E-state index contributed by atoms with van der Waals surface area (Å²) in [5, 5.41) is 11.9. The summed E-state index contributed by atoms with van der Waals surface area (Å²) < 4.78 is 26.6. The number of sulfonamides is 1. The number of rotatable bonds is 10. The van der Waals surface area contributed by atoms with Gasteiger partial charge in [-0.1, -0.05) is 31.0 Å². The summed E-state index contributed by atoms with van der Waals surface area (Å²) in [6.45, 7) is 4.34. The van der Waals surface area contributed by atoms with E-state index >= 15 is 0 Å². The van der Waals surface area contributed by atoms with E-state index in [-0.39, 0.29) is 23.6 Å². The zero-order chi connectivity index (χ0) is 18.2. The molecule has 1 atom stereocenters.